The third kappa shape index (κ3) is 4.85. The van der Waals surface area contributed by atoms with E-state index in [4.69, 9.17) is 4.74 Å². The van der Waals surface area contributed by atoms with Gasteiger partial charge in [-0.25, -0.2) is 9.18 Å². The van der Waals surface area contributed by atoms with Gasteiger partial charge in [0.05, 0.1) is 0 Å². The second kappa shape index (κ2) is 8.67. The topological polar surface area (TPSA) is 99.0 Å². The summed E-state index contributed by atoms with van der Waals surface area (Å²) in [5.41, 5.74) is 1.18. The van der Waals surface area contributed by atoms with Crippen LogP contribution in [-0.2, 0) is 14.3 Å². The number of nitrogens with one attached hydrogen (secondary N) is 1. The number of anilines is 1. The molecule has 9 heteroatoms. The molecular formula is C19H16FN5O3. The van der Waals surface area contributed by atoms with Crippen molar-refractivity contribution in [2.24, 2.45) is 0 Å². The minimum Gasteiger partial charge on any atom is -0.451 e. The van der Waals surface area contributed by atoms with Gasteiger partial charge in [-0.05, 0) is 53.3 Å². The summed E-state index contributed by atoms with van der Waals surface area (Å²) in [5.74, 6) is -1.37. The standard InChI is InChI=1S/C19H16FN5O3/c1-13-22-23-24-25(13)17(11-14-5-3-2-4-6-14)19(27)28-12-18(26)21-16-9-7-15(20)8-10-16/h2-11H,12H2,1H3,(H,21,26)/b17-11-. The SMILES string of the molecule is Cc1nnnn1/C(=C\c1ccccc1)C(=O)OCC(=O)Nc1ccc(F)cc1. The number of rotatable bonds is 6. The van der Waals surface area contributed by atoms with Gasteiger partial charge in [-0.15, -0.1) is 5.10 Å². The van der Waals surface area contributed by atoms with Gasteiger partial charge in [-0.3, -0.25) is 4.79 Å². The van der Waals surface area contributed by atoms with Crippen LogP contribution in [0.3, 0.4) is 0 Å². The van der Waals surface area contributed by atoms with Crippen molar-refractivity contribution in [2.75, 3.05) is 11.9 Å². The average Bonchev–Trinajstić information content (AvgIpc) is 3.12. The van der Waals surface area contributed by atoms with E-state index in [-0.39, 0.29) is 5.70 Å². The number of nitrogens with zero attached hydrogens (tertiary/aromatic N) is 4. The molecule has 0 aliphatic heterocycles. The first kappa shape index (κ1) is 18.9. The number of hydrogen-bond acceptors (Lipinski definition) is 6. The number of carbonyl (C=O) groups excluding carboxylic acids is 2. The lowest BCUT2D eigenvalue weighted by molar-refractivity contribution is -0.141. The first-order chi connectivity index (χ1) is 13.5. The molecule has 8 nitrogen and oxygen atoms in total. The fourth-order valence-electron chi connectivity index (χ4n) is 2.30. The summed E-state index contributed by atoms with van der Waals surface area (Å²) in [5, 5.41) is 13.6. The van der Waals surface area contributed by atoms with Crippen molar-refractivity contribution in [1.29, 1.82) is 0 Å². The maximum Gasteiger partial charge on any atom is 0.357 e. The number of hydrogen-bond donors (Lipinski definition) is 1. The van der Waals surface area contributed by atoms with Crippen LogP contribution in [0.5, 0.6) is 0 Å². The highest BCUT2D eigenvalue weighted by Gasteiger charge is 2.19. The zero-order chi connectivity index (χ0) is 19.9. The number of halogens is 1. The van der Waals surface area contributed by atoms with Gasteiger partial charge < -0.3 is 10.1 Å². The van der Waals surface area contributed by atoms with Crippen LogP contribution < -0.4 is 5.32 Å². The van der Waals surface area contributed by atoms with E-state index in [1.54, 1.807) is 25.1 Å². The van der Waals surface area contributed by atoms with E-state index in [2.05, 4.69) is 20.8 Å². The number of benzene rings is 2. The minimum atomic E-state index is -0.770. The van der Waals surface area contributed by atoms with Crippen LogP contribution in [0.2, 0.25) is 0 Å². The van der Waals surface area contributed by atoms with Crippen molar-refractivity contribution in [3.63, 3.8) is 0 Å². The molecule has 0 bridgehead atoms. The first-order valence-electron chi connectivity index (χ1n) is 8.27. The molecule has 1 heterocycles. The minimum absolute atomic E-state index is 0.0586. The van der Waals surface area contributed by atoms with E-state index in [0.29, 0.717) is 11.5 Å². The normalized spacial score (nSPS) is 11.1. The number of aromatic nitrogens is 4. The summed E-state index contributed by atoms with van der Waals surface area (Å²) < 4.78 is 19.2. The second-order valence-corrected chi connectivity index (χ2v) is 5.71. The third-order valence-corrected chi connectivity index (χ3v) is 3.63. The number of ether oxygens (including phenoxy) is 1. The molecule has 3 rings (SSSR count). The zero-order valence-electron chi connectivity index (χ0n) is 14.9. The number of carbonyl (C=O) groups is 2. The second-order valence-electron chi connectivity index (χ2n) is 5.71. The Morgan fingerprint density at radius 3 is 2.50 bits per heavy atom. The predicted molar refractivity (Wildman–Crippen MR) is 99.2 cm³/mol. The molecule has 28 heavy (non-hydrogen) atoms. The van der Waals surface area contributed by atoms with E-state index in [9.17, 15) is 14.0 Å². The van der Waals surface area contributed by atoms with Gasteiger partial charge in [-0.2, -0.15) is 4.68 Å². The maximum atomic E-state index is 12.9. The lowest BCUT2D eigenvalue weighted by atomic mass is 10.2. The fraction of sp³-hybridized carbons (Fsp3) is 0.105. The van der Waals surface area contributed by atoms with Gasteiger partial charge in [0.25, 0.3) is 5.91 Å². The molecule has 0 fully saturated rings. The molecule has 3 aromatic rings. The molecule has 0 atom stereocenters. The van der Waals surface area contributed by atoms with Crippen LogP contribution in [0.25, 0.3) is 11.8 Å². The van der Waals surface area contributed by atoms with Crippen molar-refractivity contribution >= 4 is 29.3 Å². The number of amides is 1. The van der Waals surface area contributed by atoms with Crippen LogP contribution in [0, 0.1) is 12.7 Å². The number of aryl methyl sites for hydroxylation is 1. The molecule has 1 aromatic heterocycles. The van der Waals surface area contributed by atoms with Crippen molar-refractivity contribution < 1.29 is 18.7 Å². The van der Waals surface area contributed by atoms with Crippen molar-refractivity contribution in [3.8, 4) is 0 Å². The lowest BCUT2D eigenvalue weighted by Crippen LogP contribution is -2.23. The van der Waals surface area contributed by atoms with Crippen LogP contribution >= 0.6 is 0 Å². The Morgan fingerprint density at radius 1 is 1.14 bits per heavy atom. The smallest absolute Gasteiger partial charge is 0.357 e. The van der Waals surface area contributed by atoms with Gasteiger partial charge in [-0.1, -0.05) is 30.3 Å². The van der Waals surface area contributed by atoms with Crippen LogP contribution in [-0.4, -0.2) is 38.7 Å². The Balaban J connectivity index is 1.71. The van der Waals surface area contributed by atoms with Crippen LogP contribution in [0.4, 0.5) is 10.1 Å². The highest BCUT2D eigenvalue weighted by atomic mass is 19.1. The highest BCUT2D eigenvalue weighted by Crippen LogP contribution is 2.14. The van der Waals surface area contributed by atoms with Gasteiger partial charge in [0.2, 0.25) is 0 Å². The summed E-state index contributed by atoms with van der Waals surface area (Å²) in [6, 6.07) is 14.3. The van der Waals surface area contributed by atoms with E-state index >= 15 is 0 Å². The summed E-state index contributed by atoms with van der Waals surface area (Å²) in [6.45, 7) is 1.11. The maximum absolute atomic E-state index is 12.9. The molecule has 0 aliphatic rings. The van der Waals surface area contributed by atoms with Gasteiger partial charge in [0.15, 0.2) is 18.1 Å². The van der Waals surface area contributed by atoms with Gasteiger partial charge in [0.1, 0.15) is 5.82 Å². The van der Waals surface area contributed by atoms with E-state index in [1.165, 1.54) is 28.9 Å². The van der Waals surface area contributed by atoms with Crippen LogP contribution in [0.1, 0.15) is 11.4 Å². The molecule has 0 unspecified atom stereocenters. The first-order valence-corrected chi connectivity index (χ1v) is 8.27. The van der Waals surface area contributed by atoms with Crippen molar-refractivity contribution in [2.45, 2.75) is 6.92 Å². The van der Waals surface area contributed by atoms with E-state index in [1.807, 2.05) is 18.2 Å². The monoisotopic (exact) mass is 381 g/mol. The molecule has 2 aromatic carbocycles. The van der Waals surface area contributed by atoms with Crippen molar-refractivity contribution in [3.05, 3.63) is 71.8 Å². The molecule has 1 N–H and O–H groups in total. The number of esters is 1. The quantitative estimate of drug-likeness (QED) is 0.520. The largest absolute Gasteiger partial charge is 0.451 e. The van der Waals surface area contributed by atoms with Crippen molar-refractivity contribution in [1.82, 2.24) is 20.2 Å². The summed E-state index contributed by atoms with van der Waals surface area (Å²) >= 11 is 0. The van der Waals surface area contributed by atoms with Crippen LogP contribution in [0.15, 0.2) is 54.6 Å². The summed E-state index contributed by atoms with van der Waals surface area (Å²) in [7, 11) is 0. The predicted octanol–water partition coefficient (Wildman–Crippen LogP) is 2.30. The molecule has 0 saturated heterocycles. The molecule has 0 radical (unpaired) electrons. The Morgan fingerprint density at radius 2 is 1.86 bits per heavy atom. The van der Waals surface area contributed by atoms with E-state index in [0.717, 1.165) is 5.56 Å². The van der Waals surface area contributed by atoms with Gasteiger partial charge in [0, 0.05) is 5.69 Å². The molecule has 0 spiro atoms. The Hall–Kier alpha value is -3.88. The Labute approximate surface area is 159 Å². The zero-order valence-corrected chi connectivity index (χ0v) is 14.9. The molecule has 0 aliphatic carbocycles. The fourth-order valence-corrected chi connectivity index (χ4v) is 2.30. The summed E-state index contributed by atoms with van der Waals surface area (Å²) in [4.78, 5) is 24.6. The van der Waals surface area contributed by atoms with Gasteiger partial charge >= 0.3 is 5.97 Å². The third-order valence-electron chi connectivity index (χ3n) is 3.63. The average molecular weight is 381 g/mol. The summed E-state index contributed by atoms with van der Waals surface area (Å²) in [6.07, 6.45) is 1.56. The van der Waals surface area contributed by atoms with E-state index < -0.39 is 24.3 Å². The molecule has 1 amide bonds. The lowest BCUT2D eigenvalue weighted by Gasteiger charge is -2.09. The highest BCUT2D eigenvalue weighted by molar-refractivity contribution is 6.15. The number of tetrazole rings is 1. The Bertz CT molecular complexity index is 1000. The molecule has 0 saturated carbocycles. The Kier molecular flexibility index (Phi) is 5.85. The molecule has 142 valence electrons. The molecular weight excluding hydrogens is 365 g/mol.